The third kappa shape index (κ3) is 3.20. The molecule has 0 spiro atoms. The number of rotatable bonds is 2. The van der Waals surface area contributed by atoms with Gasteiger partial charge in [0.15, 0.2) is 15.0 Å². The van der Waals surface area contributed by atoms with E-state index in [9.17, 15) is 13.2 Å². The Bertz CT molecular complexity index is 794. The maximum atomic E-state index is 12.0. The summed E-state index contributed by atoms with van der Waals surface area (Å²) in [4.78, 5) is 17.3. The van der Waals surface area contributed by atoms with Gasteiger partial charge in [-0.2, -0.15) is 4.99 Å². The molecule has 2 aliphatic heterocycles. The fourth-order valence-corrected chi connectivity index (χ4v) is 6.95. The maximum Gasteiger partial charge on any atom is 0.244 e. The van der Waals surface area contributed by atoms with Crippen LogP contribution < -0.4 is 9.64 Å². The van der Waals surface area contributed by atoms with Crippen molar-refractivity contribution in [1.29, 1.82) is 0 Å². The molecule has 6 nitrogen and oxygen atoms in total. The average Bonchev–Trinajstić information content (AvgIpc) is 2.88. The summed E-state index contributed by atoms with van der Waals surface area (Å²) in [6, 6.07) is 4.82. The van der Waals surface area contributed by atoms with Gasteiger partial charge in [0, 0.05) is 17.2 Å². The Kier molecular flexibility index (Phi) is 4.33. The lowest BCUT2D eigenvalue weighted by Gasteiger charge is -2.26. The Morgan fingerprint density at radius 3 is 2.83 bits per heavy atom. The van der Waals surface area contributed by atoms with Gasteiger partial charge in [-0.15, -0.1) is 0 Å². The largest absolute Gasteiger partial charge is 0.495 e. The second-order valence-corrected chi connectivity index (χ2v) is 9.20. The van der Waals surface area contributed by atoms with Crippen molar-refractivity contribution in [2.24, 2.45) is 4.99 Å². The van der Waals surface area contributed by atoms with Crippen LogP contribution in [0.3, 0.4) is 0 Å². The lowest BCUT2D eigenvalue weighted by atomic mass is 10.2. The van der Waals surface area contributed by atoms with Gasteiger partial charge in [-0.3, -0.25) is 4.79 Å². The second kappa shape index (κ2) is 5.99. The predicted molar refractivity (Wildman–Crippen MR) is 92.4 cm³/mol. The number of hydrogen-bond acceptors (Lipinski definition) is 5. The average molecular weight is 375 g/mol. The SMILES string of the molecule is COc1ccc(Cl)cc1N1C(=NC(C)=O)S[C@H]2CS(=O)(=O)C[C@@H]21. The number of nitrogens with zero attached hydrogens (tertiary/aromatic N) is 2. The summed E-state index contributed by atoms with van der Waals surface area (Å²) in [7, 11) is -1.58. The fourth-order valence-electron chi connectivity index (χ4n) is 2.83. The minimum absolute atomic E-state index is 0.0251. The van der Waals surface area contributed by atoms with Crippen molar-refractivity contribution in [3.05, 3.63) is 23.2 Å². The smallest absolute Gasteiger partial charge is 0.244 e. The Hall–Kier alpha value is -1.25. The summed E-state index contributed by atoms with van der Waals surface area (Å²) < 4.78 is 29.3. The number of sulfone groups is 1. The molecular weight excluding hydrogens is 360 g/mol. The molecular formula is C14H15ClN2O4S2. The van der Waals surface area contributed by atoms with Crippen LogP contribution in [0.2, 0.25) is 5.02 Å². The summed E-state index contributed by atoms with van der Waals surface area (Å²) in [6.07, 6.45) is 0. The number of hydrogen-bond donors (Lipinski definition) is 0. The third-order valence-corrected chi connectivity index (χ3v) is 7.16. The summed E-state index contributed by atoms with van der Waals surface area (Å²) in [5, 5.41) is 0.835. The van der Waals surface area contributed by atoms with Crippen LogP contribution in [0.15, 0.2) is 23.2 Å². The van der Waals surface area contributed by atoms with E-state index in [0.29, 0.717) is 21.6 Å². The lowest BCUT2D eigenvalue weighted by molar-refractivity contribution is -0.115. The van der Waals surface area contributed by atoms with Crippen LogP contribution in [-0.4, -0.2) is 49.4 Å². The number of carbonyl (C=O) groups excluding carboxylic acids is 1. The highest BCUT2D eigenvalue weighted by molar-refractivity contribution is 8.16. The van der Waals surface area contributed by atoms with Crippen molar-refractivity contribution in [3.63, 3.8) is 0 Å². The van der Waals surface area contributed by atoms with Gasteiger partial charge in [0.05, 0.1) is 30.3 Å². The van der Waals surface area contributed by atoms with Crippen LogP contribution in [-0.2, 0) is 14.6 Å². The third-order valence-electron chi connectivity index (χ3n) is 3.72. The molecule has 0 unspecified atom stereocenters. The van der Waals surface area contributed by atoms with Gasteiger partial charge in [0.2, 0.25) is 5.91 Å². The normalized spacial score (nSPS) is 27.3. The van der Waals surface area contributed by atoms with Crippen molar-refractivity contribution in [2.45, 2.75) is 18.2 Å². The van der Waals surface area contributed by atoms with Crippen LogP contribution in [0, 0.1) is 0 Å². The van der Waals surface area contributed by atoms with E-state index < -0.39 is 9.84 Å². The molecule has 0 aliphatic carbocycles. The second-order valence-electron chi connectivity index (χ2n) is 5.40. The van der Waals surface area contributed by atoms with E-state index in [1.165, 1.54) is 25.8 Å². The zero-order valence-corrected chi connectivity index (χ0v) is 14.9. The number of aliphatic imine (C=N–C) groups is 1. The monoisotopic (exact) mass is 374 g/mol. The molecule has 0 aromatic heterocycles. The van der Waals surface area contributed by atoms with Gasteiger partial charge < -0.3 is 9.64 Å². The van der Waals surface area contributed by atoms with E-state index in [-0.39, 0.29) is 28.7 Å². The fraction of sp³-hybridized carbons (Fsp3) is 0.429. The number of ether oxygens (including phenoxy) is 1. The summed E-state index contributed by atoms with van der Waals surface area (Å²) in [6.45, 7) is 1.37. The summed E-state index contributed by atoms with van der Waals surface area (Å²) in [5.74, 6) is 0.327. The number of methoxy groups -OCH3 is 1. The molecule has 0 radical (unpaired) electrons. The van der Waals surface area contributed by atoms with Crippen LogP contribution >= 0.6 is 23.4 Å². The zero-order valence-electron chi connectivity index (χ0n) is 12.5. The van der Waals surface area contributed by atoms with Crippen molar-refractivity contribution in [1.82, 2.24) is 0 Å². The summed E-state index contributed by atoms with van der Waals surface area (Å²) in [5.41, 5.74) is 0.622. The van der Waals surface area contributed by atoms with Crippen LogP contribution in [0.1, 0.15) is 6.92 Å². The molecule has 1 amide bonds. The van der Waals surface area contributed by atoms with E-state index in [0.717, 1.165) is 0 Å². The molecule has 0 bridgehead atoms. The predicted octanol–water partition coefficient (Wildman–Crippen LogP) is 1.97. The minimum atomic E-state index is -3.10. The molecule has 9 heteroatoms. The Balaban J connectivity index is 2.12. The first-order valence-electron chi connectivity index (χ1n) is 6.90. The van der Waals surface area contributed by atoms with Crippen molar-refractivity contribution < 1.29 is 17.9 Å². The molecule has 3 rings (SSSR count). The van der Waals surface area contributed by atoms with Crippen molar-refractivity contribution in [3.8, 4) is 5.75 Å². The lowest BCUT2D eigenvalue weighted by Crippen LogP contribution is -2.37. The molecule has 0 saturated carbocycles. The number of benzene rings is 1. The maximum absolute atomic E-state index is 12.0. The number of carbonyl (C=O) groups is 1. The summed E-state index contributed by atoms with van der Waals surface area (Å²) >= 11 is 7.41. The highest BCUT2D eigenvalue weighted by atomic mass is 35.5. The highest BCUT2D eigenvalue weighted by Gasteiger charge is 2.50. The number of anilines is 1. The number of fused-ring (bicyclic) bond motifs is 1. The first-order chi connectivity index (χ1) is 10.8. The van der Waals surface area contributed by atoms with E-state index in [2.05, 4.69) is 4.99 Å². The Morgan fingerprint density at radius 1 is 1.43 bits per heavy atom. The van der Waals surface area contributed by atoms with Gasteiger partial charge in [-0.05, 0) is 18.2 Å². The van der Waals surface area contributed by atoms with Gasteiger partial charge in [0.1, 0.15) is 5.75 Å². The number of amidine groups is 1. The molecule has 1 aromatic rings. The quantitative estimate of drug-likeness (QED) is 0.787. The van der Waals surface area contributed by atoms with E-state index in [1.807, 2.05) is 0 Å². The van der Waals surface area contributed by atoms with Crippen LogP contribution in [0.25, 0.3) is 0 Å². The Morgan fingerprint density at radius 2 is 2.17 bits per heavy atom. The Labute approximate surface area is 143 Å². The van der Waals surface area contributed by atoms with Gasteiger partial charge in [0.25, 0.3) is 0 Å². The first-order valence-corrected chi connectivity index (χ1v) is 9.98. The number of amides is 1. The standard InChI is InChI=1S/C14H15ClN2O4S2/c1-8(18)16-14-17(10-5-9(15)3-4-12(10)21-2)11-6-23(19,20)7-13(11)22-14/h3-5,11,13H,6-7H2,1-2H3/t11-,13-/m0/s1. The number of thioether (sulfide) groups is 1. The van der Waals surface area contributed by atoms with Crippen LogP contribution in [0.5, 0.6) is 5.75 Å². The molecule has 2 aliphatic rings. The van der Waals surface area contributed by atoms with Gasteiger partial charge in [-0.25, -0.2) is 8.42 Å². The van der Waals surface area contributed by atoms with Gasteiger partial charge >= 0.3 is 0 Å². The van der Waals surface area contributed by atoms with E-state index in [4.69, 9.17) is 16.3 Å². The molecule has 0 N–H and O–H groups in total. The molecule has 124 valence electrons. The zero-order chi connectivity index (χ0) is 16.8. The van der Waals surface area contributed by atoms with Crippen molar-refractivity contribution in [2.75, 3.05) is 23.5 Å². The van der Waals surface area contributed by atoms with E-state index >= 15 is 0 Å². The molecule has 1 aromatic carbocycles. The molecule has 2 fully saturated rings. The topological polar surface area (TPSA) is 76.0 Å². The molecule has 2 heterocycles. The van der Waals surface area contributed by atoms with E-state index in [1.54, 1.807) is 23.1 Å². The first kappa shape index (κ1) is 16.6. The minimum Gasteiger partial charge on any atom is -0.495 e. The molecule has 23 heavy (non-hydrogen) atoms. The molecule has 2 saturated heterocycles. The van der Waals surface area contributed by atoms with Gasteiger partial charge in [-0.1, -0.05) is 23.4 Å². The van der Waals surface area contributed by atoms with Crippen LogP contribution in [0.4, 0.5) is 5.69 Å². The highest BCUT2D eigenvalue weighted by Crippen LogP contribution is 2.44. The van der Waals surface area contributed by atoms with Crippen molar-refractivity contribution >= 4 is 50.0 Å². The number of halogens is 1. The molecule has 2 atom stereocenters.